The molecule has 1 heterocycles. The first-order valence-electron chi connectivity index (χ1n) is 18.4. The summed E-state index contributed by atoms with van der Waals surface area (Å²) in [5.74, 6) is 0. The molecule has 0 unspecified atom stereocenters. The smallest absolute Gasteiger partial charge is 0.159 e. The van der Waals surface area contributed by atoms with Gasteiger partial charge in [0.1, 0.15) is 5.58 Å². The van der Waals surface area contributed by atoms with E-state index in [1.807, 2.05) is 12.1 Å². The Hall–Kier alpha value is -7.16. The molecule has 0 amide bonds. The largest absolute Gasteiger partial charge is 0.454 e. The van der Waals surface area contributed by atoms with Crippen molar-refractivity contribution in [3.05, 3.63) is 212 Å². The Bertz CT molecular complexity index is 2940. The summed E-state index contributed by atoms with van der Waals surface area (Å²) in [7, 11) is 0. The Morgan fingerprint density at radius 3 is 1.76 bits per heavy atom. The fourth-order valence-corrected chi connectivity index (χ4v) is 7.80. The lowest BCUT2D eigenvalue weighted by atomic mass is 9.94. The van der Waals surface area contributed by atoms with Crippen LogP contribution in [0.4, 0.5) is 17.1 Å². The van der Waals surface area contributed by atoms with Crippen LogP contribution in [-0.2, 0) is 0 Å². The van der Waals surface area contributed by atoms with Crippen molar-refractivity contribution in [1.29, 1.82) is 0 Å². The van der Waals surface area contributed by atoms with Crippen LogP contribution in [0.2, 0.25) is 0 Å². The third-order valence-corrected chi connectivity index (χ3v) is 10.5. The van der Waals surface area contributed by atoms with Crippen LogP contribution in [0.15, 0.2) is 217 Å². The summed E-state index contributed by atoms with van der Waals surface area (Å²) in [5, 5.41) is 4.71. The molecule has 0 saturated heterocycles. The highest BCUT2D eigenvalue weighted by Gasteiger charge is 2.20. The van der Waals surface area contributed by atoms with Crippen molar-refractivity contribution < 1.29 is 4.42 Å². The first-order valence-corrected chi connectivity index (χ1v) is 18.4. The molecule has 0 spiro atoms. The molecule has 10 rings (SSSR count). The number of fused-ring (bicyclic) bond motifs is 4. The molecular formula is C52H35NO. The van der Waals surface area contributed by atoms with Crippen molar-refractivity contribution in [3.8, 4) is 44.5 Å². The lowest BCUT2D eigenvalue weighted by molar-refractivity contribution is 0.669. The minimum atomic E-state index is 0.862. The molecule has 0 aliphatic carbocycles. The van der Waals surface area contributed by atoms with E-state index in [4.69, 9.17) is 4.42 Å². The van der Waals surface area contributed by atoms with E-state index < -0.39 is 0 Å². The summed E-state index contributed by atoms with van der Waals surface area (Å²) < 4.78 is 6.63. The zero-order valence-electron chi connectivity index (χ0n) is 29.6. The van der Waals surface area contributed by atoms with E-state index in [1.54, 1.807) is 0 Å². The molecule has 0 aliphatic heterocycles. The second kappa shape index (κ2) is 13.4. The zero-order valence-corrected chi connectivity index (χ0v) is 29.6. The number of hydrogen-bond acceptors (Lipinski definition) is 2. The monoisotopic (exact) mass is 689 g/mol. The van der Waals surface area contributed by atoms with Crippen LogP contribution < -0.4 is 4.90 Å². The van der Waals surface area contributed by atoms with Crippen LogP contribution in [0.25, 0.3) is 77.2 Å². The van der Waals surface area contributed by atoms with Gasteiger partial charge in [0.25, 0.3) is 0 Å². The Kier molecular flexibility index (Phi) is 7.85. The van der Waals surface area contributed by atoms with Crippen molar-refractivity contribution in [1.82, 2.24) is 0 Å². The summed E-state index contributed by atoms with van der Waals surface area (Å²) in [6, 6.07) is 75.8. The van der Waals surface area contributed by atoms with Crippen molar-refractivity contribution >= 4 is 49.8 Å². The van der Waals surface area contributed by atoms with Gasteiger partial charge in [-0.15, -0.1) is 0 Å². The highest BCUT2D eigenvalue weighted by molar-refractivity contribution is 6.10. The fraction of sp³-hybridized carbons (Fsp3) is 0. The standard InChI is InChI=1S/C52H35NO/c1-2-14-38(15-3-1)46-21-6-7-22-47(46)43-19-11-20-45(35-43)53(50-25-12-24-49-48-23-8-9-26-51(48)54-52(49)50)44-31-29-37(30-32-44)40-17-10-18-41(33-40)42-28-27-36-13-4-5-16-39(36)34-42/h1-35H. The Balaban J connectivity index is 1.09. The maximum Gasteiger partial charge on any atom is 0.159 e. The van der Waals surface area contributed by atoms with Crippen molar-refractivity contribution in [2.24, 2.45) is 0 Å². The molecule has 0 bridgehead atoms. The maximum atomic E-state index is 6.63. The van der Waals surface area contributed by atoms with Gasteiger partial charge in [-0.2, -0.15) is 0 Å². The van der Waals surface area contributed by atoms with Crippen molar-refractivity contribution in [3.63, 3.8) is 0 Å². The molecule has 10 aromatic rings. The van der Waals surface area contributed by atoms with E-state index in [0.717, 1.165) is 50.1 Å². The number of nitrogens with zero attached hydrogens (tertiary/aromatic N) is 1. The molecule has 0 N–H and O–H groups in total. The van der Waals surface area contributed by atoms with E-state index >= 15 is 0 Å². The van der Waals surface area contributed by atoms with Crippen molar-refractivity contribution in [2.45, 2.75) is 0 Å². The van der Waals surface area contributed by atoms with E-state index in [1.165, 1.54) is 44.2 Å². The molecule has 0 atom stereocenters. The quantitative estimate of drug-likeness (QED) is 0.166. The van der Waals surface area contributed by atoms with Crippen molar-refractivity contribution in [2.75, 3.05) is 4.90 Å². The second-order valence-electron chi connectivity index (χ2n) is 13.7. The van der Waals surface area contributed by atoms with E-state index in [9.17, 15) is 0 Å². The molecular weight excluding hydrogens is 655 g/mol. The molecule has 0 aliphatic rings. The highest BCUT2D eigenvalue weighted by Crippen LogP contribution is 2.44. The summed E-state index contributed by atoms with van der Waals surface area (Å²) in [5.41, 5.74) is 14.3. The average molecular weight is 690 g/mol. The predicted molar refractivity (Wildman–Crippen MR) is 228 cm³/mol. The lowest BCUT2D eigenvalue weighted by Crippen LogP contribution is -2.10. The number of furan rings is 1. The first kappa shape index (κ1) is 31.6. The van der Waals surface area contributed by atoms with E-state index in [2.05, 4.69) is 205 Å². The first-order chi connectivity index (χ1) is 26.8. The van der Waals surface area contributed by atoms with Crippen LogP contribution in [0.1, 0.15) is 0 Å². The van der Waals surface area contributed by atoms with Crippen LogP contribution in [0.5, 0.6) is 0 Å². The van der Waals surface area contributed by atoms with Crippen LogP contribution >= 0.6 is 0 Å². The molecule has 254 valence electrons. The second-order valence-corrected chi connectivity index (χ2v) is 13.7. The SMILES string of the molecule is c1ccc(-c2ccccc2-c2cccc(N(c3ccc(-c4cccc(-c5ccc6ccccc6c5)c4)cc3)c3cccc4c3oc3ccccc34)c2)cc1. The van der Waals surface area contributed by atoms with Gasteiger partial charge < -0.3 is 9.32 Å². The lowest BCUT2D eigenvalue weighted by Gasteiger charge is -2.26. The maximum absolute atomic E-state index is 6.63. The van der Waals surface area contributed by atoms with Gasteiger partial charge >= 0.3 is 0 Å². The molecule has 0 radical (unpaired) electrons. The van der Waals surface area contributed by atoms with Crippen LogP contribution in [0.3, 0.4) is 0 Å². The third kappa shape index (κ3) is 5.71. The van der Waals surface area contributed by atoms with Gasteiger partial charge in [0.15, 0.2) is 5.58 Å². The Labute approximate surface area is 314 Å². The van der Waals surface area contributed by atoms with Gasteiger partial charge in [0, 0.05) is 22.1 Å². The number of hydrogen-bond donors (Lipinski definition) is 0. The van der Waals surface area contributed by atoms with Gasteiger partial charge in [0.05, 0.1) is 5.69 Å². The average Bonchev–Trinajstić information content (AvgIpc) is 3.64. The highest BCUT2D eigenvalue weighted by atomic mass is 16.3. The van der Waals surface area contributed by atoms with E-state index in [0.29, 0.717) is 0 Å². The van der Waals surface area contributed by atoms with Crippen LogP contribution in [0, 0.1) is 0 Å². The summed E-state index contributed by atoms with van der Waals surface area (Å²) in [6.07, 6.45) is 0. The fourth-order valence-electron chi connectivity index (χ4n) is 7.80. The molecule has 0 saturated carbocycles. The van der Waals surface area contributed by atoms with Crippen LogP contribution in [-0.4, -0.2) is 0 Å². The third-order valence-electron chi connectivity index (χ3n) is 10.5. The Morgan fingerprint density at radius 1 is 0.315 bits per heavy atom. The van der Waals surface area contributed by atoms with Gasteiger partial charge in [-0.25, -0.2) is 0 Å². The number of rotatable bonds is 7. The number of anilines is 3. The topological polar surface area (TPSA) is 16.4 Å². The van der Waals surface area contributed by atoms with E-state index in [-0.39, 0.29) is 0 Å². The summed E-state index contributed by atoms with van der Waals surface area (Å²) >= 11 is 0. The summed E-state index contributed by atoms with van der Waals surface area (Å²) in [4.78, 5) is 2.33. The van der Waals surface area contributed by atoms with Gasteiger partial charge in [-0.1, -0.05) is 164 Å². The number of benzene rings is 9. The van der Waals surface area contributed by atoms with Gasteiger partial charge in [-0.3, -0.25) is 0 Å². The molecule has 9 aromatic carbocycles. The molecule has 1 aromatic heterocycles. The normalized spacial score (nSPS) is 11.3. The van der Waals surface area contributed by atoms with Gasteiger partial charge in [0.2, 0.25) is 0 Å². The Morgan fingerprint density at radius 2 is 0.907 bits per heavy atom. The summed E-state index contributed by atoms with van der Waals surface area (Å²) in [6.45, 7) is 0. The molecule has 2 heteroatoms. The predicted octanol–water partition coefficient (Wildman–Crippen LogP) is 14.9. The molecule has 54 heavy (non-hydrogen) atoms. The molecule has 2 nitrogen and oxygen atoms in total. The molecule has 0 fully saturated rings. The minimum absolute atomic E-state index is 0.862. The minimum Gasteiger partial charge on any atom is -0.454 e. The van der Waals surface area contributed by atoms with Gasteiger partial charge in [-0.05, 0) is 104 Å². The zero-order chi connectivity index (χ0) is 35.8. The number of para-hydroxylation sites is 2.